The molecule has 1 rings (SSSR count). The van der Waals surface area contributed by atoms with Crippen LogP contribution in [0.15, 0.2) is 18.2 Å². The first-order valence-electron chi connectivity index (χ1n) is 4.69. The van der Waals surface area contributed by atoms with E-state index in [1.165, 1.54) is 7.11 Å². The van der Waals surface area contributed by atoms with Gasteiger partial charge in [-0.05, 0) is 32.0 Å². The summed E-state index contributed by atoms with van der Waals surface area (Å²) in [7, 11) is 1.53. The molecule has 0 heterocycles. The number of carbonyl (C=O) groups is 1. The van der Waals surface area contributed by atoms with E-state index in [0.29, 0.717) is 17.0 Å². The second-order valence-electron chi connectivity index (χ2n) is 3.41. The Morgan fingerprint density at radius 3 is 2.60 bits per heavy atom. The highest BCUT2D eigenvalue weighted by molar-refractivity contribution is 5.95. The summed E-state index contributed by atoms with van der Waals surface area (Å²) in [5.74, 6) is 0.154. The molecule has 0 amide bonds. The van der Waals surface area contributed by atoms with Gasteiger partial charge in [-0.3, -0.25) is 0 Å². The molecule has 1 aromatic rings. The van der Waals surface area contributed by atoms with Crippen molar-refractivity contribution in [2.24, 2.45) is 0 Å². The van der Waals surface area contributed by atoms with Crippen molar-refractivity contribution in [3.63, 3.8) is 0 Å². The summed E-state index contributed by atoms with van der Waals surface area (Å²) in [5, 5.41) is 0. The van der Waals surface area contributed by atoms with Crippen LogP contribution in [0.2, 0.25) is 0 Å². The first-order chi connectivity index (χ1) is 7.04. The molecule has 82 valence electrons. The first-order valence-corrected chi connectivity index (χ1v) is 4.69. The predicted molar refractivity (Wildman–Crippen MR) is 58.0 cm³/mol. The molecule has 0 saturated carbocycles. The van der Waals surface area contributed by atoms with Crippen LogP contribution in [0.4, 0.5) is 5.69 Å². The molecule has 0 aromatic heterocycles. The van der Waals surface area contributed by atoms with Gasteiger partial charge < -0.3 is 15.2 Å². The molecule has 2 N–H and O–H groups in total. The number of methoxy groups -OCH3 is 1. The summed E-state index contributed by atoms with van der Waals surface area (Å²) < 4.78 is 10.0. The van der Waals surface area contributed by atoms with Crippen molar-refractivity contribution in [3.8, 4) is 5.75 Å². The van der Waals surface area contributed by atoms with Crippen LogP contribution >= 0.6 is 0 Å². The van der Waals surface area contributed by atoms with Crippen molar-refractivity contribution >= 4 is 11.7 Å². The van der Waals surface area contributed by atoms with Crippen LogP contribution in [0.3, 0.4) is 0 Å². The van der Waals surface area contributed by atoms with Crippen molar-refractivity contribution in [2.75, 3.05) is 12.8 Å². The van der Waals surface area contributed by atoms with Crippen LogP contribution in [0.5, 0.6) is 5.75 Å². The number of ether oxygens (including phenoxy) is 2. The molecule has 0 aliphatic carbocycles. The lowest BCUT2D eigenvalue weighted by Crippen LogP contribution is -2.13. The highest BCUT2D eigenvalue weighted by Gasteiger charge is 2.13. The van der Waals surface area contributed by atoms with E-state index in [1.807, 2.05) is 0 Å². The van der Waals surface area contributed by atoms with Crippen molar-refractivity contribution in [1.29, 1.82) is 0 Å². The summed E-state index contributed by atoms with van der Waals surface area (Å²) in [6.07, 6.45) is -0.164. The van der Waals surface area contributed by atoms with Crippen molar-refractivity contribution in [2.45, 2.75) is 20.0 Å². The van der Waals surface area contributed by atoms with Gasteiger partial charge in [0.05, 0.1) is 18.8 Å². The predicted octanol–water partition coefficient (Wildman–Crippen LogP) is 1.84. The molecule has 0 bridgehead atoms. The van der Waals surface area contributed by atoms with Gasteiger partial charge in [0.2, 0.25) is 0 Å². The number of nitrogen functional groups attached to an aromatic ring is 1. The minimum absolute atomic E-state index is 0.164. The summed E-state index contributed by atoms with van der Waals surface area (Å²) in [4.78, 5) is 11.6. The van der Waals surface area contributed by atoms with Crippen molar-refractivity contribution < 1.29 is 14.3 Å². The lowest BCUT2D eigenvalue weighted by molar-refractivity contribution is 0.0379. The lowest BCUT2D eigenvalue weighted by atomic mass is 10.1. The van der Waals surface area contributed by atoms with Gasteiger partial charge in [0, 0.05) is 5.69 Å². The summed E-state index contributed by atoms with van der Waals surface area (Å²) in [5.41, 5.74) is 6.39. The van der Waals surface area contributed by atoms with Gasteiger partial charge in [-0.15, -0.1) is 0 Å². The Bertz CT molecular complexity index is 361. The average Bonchev–Trinajstić information content (AvgIpc) is 2.17. The van der Waals surface area contributed by atoms with Crippen LogP contribution in [0.1, 0.15) is 24.2 Å². The number of anilines is 1. The smallest absolute Gasteiger partial charge is 0.340 e. The SMILES string of the molecule is COc1ccc(N)c(C(=O)OC(C)C)c1. The number of hydrogen-bond donors (Lipinski definition) is 1. The third-order valence-corrected chi connectivity index (χ3v) is 1.82. The zero-order valence-electron chi connectivity index (χ0n) is 9.11. The van der Waals surface area contributed by atoms with E-state index in [-0.39, 0.29) is 6.10 Å². The second kappa shape index (κ2) is 4.68. The minimum atomic E-state index is -0.429. The second-order valence-corrected chi connectivity index (χ2v) is 3.41. The van der Waals surface area contributed by atoms with Crippen molar-refractivity contribution in [1.82, 2.24) is 0 Å². The van der Waals surface area contributed by atoms with Gasteiger partial charge in [-0.25, -0.2) is 4.79 Å². The monoisotopic (exact) mass is 209 g/mol. The Morgan fingerprint density at radius 2 is 2.07 bits per heavy atom. The van der Waals surface area contributed by atoms with E-state index >= 15 is 0 Å². The molecule has 0 fully saturated rings. The number of rotatable bonds is 3. The molecule has 4 heteroatoms. The molecule has 0 aliphatic rings. The molecule has 0 spiro atoms. The van der Waals surface area contributed by atoms with Gasteiger partial charge in [0.15, 0.2) is 0 Å². The van der Waals surface area contributed by atoms with E-state index in [2.05, 4.69) is 0 Å². The standard InChI is InChI=1S/C11H15NO3/c1-7(2)15-11(13)9-6-8(14-3)4-5-10(9)12/h4-7H,12H2,1-3H3. The average molecular weight is 209 g/mol. The summed E-state index contributed by atoms with van der Waals surface area (Å²) >= 11 is 0. The van der Waals surface area contributed by atoms with E-state index in [4.69, 9.17) is 15.2 Å². The number of hydrogen-bond acceptors (Lipinski definition) is 4. The number of benzene rings is 1. The van der Waals surface area contributed by atoms with Crippen LogP contribution in [0, 0.1) is 0 Å². The first kappa shape index (κ1) is 11.4. The normalized spacial score (nSPS) is 10.1. The van der Waals surface area contributed by atoms with Gasteiger partial charge in [-0.1, -0.05) is 0 Å². The highest BCUT2D eigenvalue weighted by atomic mass is 16.5. The van der Waals surface area contributed by atoms with Crippen molar-refractivity contribution in [3.05, 3.63) is 23.8 Å². The van der Waals surface area contributed by atoms with Crippen LogP contribution in [-0.4, -0.2) is 19.2 Å². The summed E-state index contributed by atoms with van der Waals surface area (Å²) in [6.45, 7) is 3.57. The van der Waals surface area contributed by atoms with Crippen LogP contribution < -0.4 is 10.5 Å². The highest BCUT2D eigenvalue weighted by Crippen LogP contribution is 2.20. The molecule has 15 heavy (non-hydrogen) atoms. The minimum Gasteiger partial charge on any atom is -0.497 e. The third kappa shape index (κ3) is 2.87. The fraction of sp³-hybridized carbons (Fsp3) is 0.364. The number of carbonyl (C=O) groups excluding carboxylic acids is 1. The quantitative estimate of drug-likeness (QED) is 0.609. The van der Waals surface area contributed by atoms with Crippen LogP contribution in [0.25, 0.3) is 0 Å². The van der Waals surface area contributed by atoms with E-state index in [1.54, 1.807) is 32.0 Å². The number of esters is 1. The fourth-order valence-electron chi connectivity index (χ4n) is 1.12. The molecule has 0 saturated heterocycles. The largest absolute Gasteiger partial charge is 0.497 e. The molecule has 0 atom stereocenters. The van der Waals surface area contributed by atoms with E-state index in [9.17, 15) is 4.79 Å². The number of nitrogens with two attached hydrogens (primary N) is 1. The Kier molecular flexibility index (Phi) is 3.55. The fourth-order valence-corrected chi connectivity index (χ4v) is 1.12. The van der Waals surface area contributed by atoms with E-state index in [0.717, 1.165) is 0 Å². The molecule has 4 nitrogen and oxygen atoms in total. The molecular formula is C11H15NO3. The maximum Gasteiger partial charge on any atom is 0.340 e. The Morgan fingerprint density at radius 1 is 1.40 bits per heavy atom. The Hall–Kier alpha value is -1.71. The zero-order chi connectivity index (χ0) is 11.4. The Labute approximate surface area is 89.0 Å². The molecule has 0 radical (unpaired) electrons. The molecular weight excluding hydrogens is 194 g/mol. The molecule has 0 unspecified atom stereocenters. The topological polar surface area (TPSA) is 61.5 Å². The zero-order valence-corrected chi connectivity index (χ0v) is 9.11. The van der Waals surface area contributed by atoms with Crippen LogP contribution in [-0.2, 0) is 4.74 Å². The molecule has 0 aliphatic heterocycles. The Balaban J connectivity index is 2.96. The van der Waals surface area contributed by atoms with Gasteiger partial charge in [-0.2, -0.15) is 0 Å². The lowest BCUT2D eigenvalue weighted by Gasteiger charge is -2.10. The maximum atomic E-state index is 11.6. The summed E-state index contributed by atoms with van der Waals surface area (Å²) in [6, 6.07) is 4.89. The van der Waals surface area contributed by atoms with Gasteiger partial charge in [0.25, 0.3) is 0 Å². The molecule has 1 aromatic carbocycles. The van der Waals surface area contributed by atoms with Gasteiger partial charge in [0.1, 0.15) is 5.75 Å². The van der Waals surface area contributed by atoms with Gasteiger partial charge >= 0.3 is 5.97 Å². The maximum absolute atomic E-state index is 11.6. The van der Waals surface area contributed by atoms with E-state index < -0.39 is 5.97 Å². The third-order valence-electron chi connectivity index (χ3n) is 1.82.